The maximum atomic E-state index is 11.7. The summed E-state index contributed by atoms with van der Waals surface area (Å²) in [6.07, 6.45) is 2.85. The third kappa shape index (κ3) is 3.64. The Morgan fingerprint density at radius 2 is 2.40 bits per heavy atom. The van der Waals surface area contributed by atoms with Crippen LogP contribution >= 0.6 is 0 Å². The molecule has 0 aromatic heterocycles. The molecule has 4 nitrogen and oxygen atoms in total. The number of nitrogens with zero attached hydrogens (tertiary/aromatic N) is 2. The van der Waals surface area contributed by atoms with Gasteiger partial charge in [-0.15, -0.1) is 6.58 Å². The van der Waals surface area contributed by atoms with Crippen LogP contribution in [-0.2, 0) is 4.79 Å². The van der Waals surface area contributed by atoms with Crippen molar-refractivity contribution in [3.63, 3.8) is 0 Å². The van der Waals surface area contributed by atoms with Crippen molar-refractivity contribution in [3.8, 4) is 0 Å². The third-order valence-corrected chi connectivity index (χ3v) is 2.81. The molecule has 86 valence electrons. The Labute approximate surface area is 91.9 Å². The van der Waals surface area contributed by atoms with Crippen LogP contribution in [0.5, 0.6) is 0 Å². The third-order valence-electron chi connectivity index (χ3n) is 2.81. The number of hydrogen-bond acceptors (Lipinski definition) is 3. The molecular weight excluding hydrogens is 190 g/mol. The Balaban J connectivity index is 2.27. The zero-order valence-electron chi connectivity index (χ0n) is 9.70. The van der Waals surface area contributed by atoms with Crippen LogP contribution in [0.4, 0.5) is 0 Å². The van der Waals surface area contributed by atoms with E-state index in [2.05, 4.69) is 30.9 Å². The lowest BCUT2D eigenvalue weighted by Crippen LogP contribution is -2.39. The lowest BCUT2D eigenvalue weighted by molar-refractivity contribution is -0.129. The molecule has 0 aromatic rings. The van der Waals surface area contributed by atoms with Gasteiger partial charge in [0.05, 0.1) is 6.54 Å². The van der Waals surface area contributed by atoms with Gasteiger partial charge in [0.1, 0.15) is 0 Å². The highest BCUT2D eigenvalue weighted by Crippen LogP contribution is 2.12. The minimum Gasteiger partial charge on any atom is -0.340 e. The Morgan fingerprint density at radius 3 is 2.93 bits per heavy atom. The number of likely N-dealkylation sites (tertiary alicyclic amines) is 1. The number of carbonyl (C=O) groups excluding carboxylic acids is 1. The molecule has 4 heteroatoms. The smallest absolute Gasteiger partial charge is 0.236 e. The highest BCUT2D eigenvalue weighted by atomic mass is 16.2. The van der Waals surface area contributed by atoms with Crippen LogP contribution < -0.4 is 5.32 Å². The van der Waals surface area contributed by atoms with Crippen LogP contribution in [0.25, 0.3) is 0 Å². The molecule has 0 radical (unpaired) electrons. The summed E-state index contributed by atoms with van der Waals surface area (Å²) in [5.74, 6) is 0.196. The fourth-order valence-corrected chi connectivity index (χ4v) is 1.78. The van der Waals surface area contributed by atoms with Crippen molar-refractivity contribution in [1.82, 2.24) is 15.1 Å². The first kappa shape index (κ1) is 12.2. The summed E-state index contributed by atoms with van der Waals surface area (Å²) in [7, 11) is 4.13. The molecule has 1 rings (SSSR count). The second-order valence-corrected chi connectivity index (χ2v) is 4.17. The minimum absolute atomic E-state index is 0.196. The van der Waals surface area contributed by atoms with Gasteiger partial charge >= 0.3 is 0 Å². The van der Waals surface area contributed by atoms with Gasteiger partial charge in [0.25, 0.3) is 0 Å². The number of hydrogen-bond donors (Lipinski definition) is 1. The van der Waals surface area contributed by atoms with E-state index in [0.717, 1.165) is 19.5 Å². The highest BCUT2D eigenvalue weighted by molar-refractivity contribution is 5.78. The Bertz CT molecular complexity index is 228. The van der Waals surface area contributed by atoms with Gasteiger partial charge in [0.15, 0.2) is 0 Å². The van der Waals surface area contributed by atoms with Crippen molar-refractivity contribution >= 4 is 5.91 Å². The topological polar surface area (TPSA) is 35.6 Å². The van der Waals surface area contributed by atoms with Gasteiger partial charge in [0.2, 0.25) is 5.91 Å². The maximum absolute atomic E-state index is 11.7. The first-order chi connectivity index (χ1) is 7.15. The first-order valence-corrected chi connectivity index (χ1v) is 5.41. The molecule has 0 saturated carbocycles. The van der Waals surface area contributed by atoms with Gasteiger partial charge in [-0.3, -0.25) is 4.79 Å². The lowest BCUT2D eigenvalue weighted by Gasteiger charge is -2.20. The van der Waals surface area contributed by atoms with Crippen molar-refractivity contribution in [3.05, 3.63) is 12.7 Å². The zero-order valence-corrected chi connectivity index (χ0v) is 9.70. The van der Waals surface area contributed by atoms with E-state index in [0.29, 0.717) is 19.1 Å². The molecular formula is C11H21N3O. The molecule has 1 saturated heterocycles. The van der Waals surface area contributed by atoms with Gasteiger partial charge in [0, 0.05) is 25.7 Å². The Hall–Kier alpha value is -0.870. The van der Waals surface area contributed by atoms with Crippen molar-refractivity contribution in [1.29, 1.82) is 0 Å². The van der Waals surface area contributed by atoms with E-state index >= 15 is 0 Å². The molecule has 1 amide bonds. The monoisotopic (exact) mass is 211 g/mol. The molecule has 0 aromatic carbocycles. The van der Waals surface area contributed by atoms with E-state index in [4.69, 9.17) is 0 Å². The van der Waals surface area contributed by atoms with Crippen molar-refractivity contribution < 1.29 is 4.79 Å². The maximum Gasteiger partial charge on any atom is 0.236 e. The predicted molar refractivity (Wildman–Crippen MR) is 61.7 cm³/mol. The lowest BCUT2D eigenvalue weighted by atomic mass is 10.2. The first-order valence-electron chi connectivity index (χ1n) is 5.41. The van der Waals surface area contributed by atoms with Crippen LogP contribution in [-0.4, -0.2) is 62.0 Å². The van der Waals surface area contributed by atoms with E-state index in [9.17, 15) is 4.79 Å². The molecule has 1 unspecified atom stereocenters. The Morgan fingerprint density at radius 1 is 1.67 bits per heavy atom. The summed E-state index contributed by atoms with van der Waals surface area (Å²) >= 11 is 0. The normalized spacial score (nSPS) is 21.0. The van der Waals surface area contributed by atoms with Crippen molar-refractivity contribution in [2.45, 2.75) is 12.5 Å². The summed E-state index contributed by atoms with van der Waals surface area (Å²) < 4.78 is 0. The number of amides is 1. The fourth-order valence-electron chi connectivity index (χ4n) is 1.78. The standard InChI is InChI=1S/C11H21N3O/c1-4-6-12-8-11(15)14-7-5-10(9-14)13(2)3/h4,10,12H,1,5-9H2,2-3H3. The van der Waals surface area contributed by atoms with Crippen LogP contribution in [0.3, 0.4) is 0 Å². The highest BCUT2D eigenvalue weighted by Gasteiger charge is 2.26. The average Bonchev–Trinajstić information content (AvgIpc) is 2.66. The quantitative estimate of drug-likeness (QED) is 0.510. The van der Waals surface area contributed by atoms with E-state index in [-0.39, 0.29) is 5.91 Å². The largest absolute Gasteiger partial charge is 0.340 e. The number of likely N-dealkylation sites (N-methyl/N-ethyl adjacent to an activating group) is 1. The van der Waals surface area contributed by atoms with E-state index < -0.39 is 0 Å². The second-order valence-electron chi connectivity index (χ2n) is 4.17. The van der Waals surface area contributed by atoms with E-state index in [1.807, 2.05) is 4.90 Å². The molecule has 15 heavy (non-hydrogen) atoms. The van der Waals surface area contributed by atoms with Crippen molar-refractivity contribution in [2.24, 2.45) is 0 Å². The molecule has 1 atom stereocenters. The molecule has 1 aliphatic heterocycles. The predicted octanol–water partition coefficient (Wildman–Crippen LogP) is -0.0755. The number of rotatable bonds is 5. The molecule has 1 heterocycles. The van der Waals surface area contributed by atoms with Crippen LogP contribution in [0, 0.1) is 0 Å². The molecule has 0 aliphatic carbocycles. The molecule has 1 aliphatic rings. The minimum atomic E-state index is 0.196. The summed E-state index contributed by atoms with van der Waals surface area (Å²) in [6.45, 7) is 6.46. The van der Waals surface area contributed by atoms with Crippen molar-refractivity contribution in [2.75, 3.05) is 40.3 Å². The van der Waals surface area contributed by atoms with Gasteiger partial charge in [-0.05, 0) is 20.5 Å². The van der Waals surface area contributed by atoms with Crippen LogP contribution in [0.1, 0.15) is 6.42 Å². The van der Waals surface area contributed by atoms with Gasteiger partial charge < -0.3 is 15.1 Å². The summed E-state index contributed by atoms with van der Waals surface area (Å²) in [5.41, 5.74) is 0. The van der Waals surface area contributed by atoms with Crippen LogP contribution in [0.2, 0.25) is 0 Å². The van der Waals surface area contributed by atoms with Gasteiger partial charge in [-0.25, -0.2) is 0 Å². The van der Waals surface area contributed by atoms with Crippen LogP contribution in [0.15, 0.2) is 12.7 Å². The molecule has 1 fully saturated rings. The van der Waals surface area contributed by atoms with Gasteiger partial charge in [-0.2, -0.15) is 0 Å². The summed E-state index contributed by atoms with van der Waals surface area (Å²) in [4.78, 5) is 15.8. The zero-order chi connectivity index (χ0) is 11.3. The molecule has 0 bridgehead atoms. The average molecular weight is 211 g/mol. The summed E-state index contributed by atoms with van der Waals surface area (Å²) in [6, 6.07) is 0.522. The van der Waals surface area contributed by atoms with Gasteiger partial charge in [-0.1, -0.05) is 6.08 Å². The Kier molecular flexibility index (Phi) is 4.78. The number of nitrogens with one attached hydrogen (secondary N) is 1. The SMILES string of the molecule is C=CCNCC(=O)N1CCC(N(C)C)C1. The molecule has 1 N–H and O–H groups in total. The number of carbonyl (C=O) groups is 1. The van der Waals surface area contributed by atoms with E-state index in [1.54, 1.807) is 6.08 Å². The fraction of sp³-hybridized carbons (Fsp3) is 0.727. The summed E-state index contributed by atoms with van der Waals surface area (Å²) in [5, 5.41) is 3.03. The molecule has 0 spiro atoms. The second kappa shape index (κ2) is 5.88. The van der Waals surface area contributed by atoms with E-state index in [1.165, 1.54) is 0 Å².